The first kappa shape index (κ1) is 14.5. The Morgan fingerprint density at radius 3 is 2.60 bits per heavy atom. The monoisotopic (exact) mass is 337 g/mol. The van der Waals surface area contributed by atoms with Gasteiger partial charge >= 0.3 is 0 Å². The van der Waals surface area contributed by atoms with Gasteiger partial charge in [0, 0.05) is 17.3 Å². The molecule has 0 aliphatic heterocycles. The zero-order valence-electron chi connectivity index (χ0n) is 11.0. The Bertz CT molecular complexity index is 686. The molecule has 2 aromatic carbocycles. The van der Waals surface area contributed by atoms with Crippen molar-refractivity contribution in [3.8, 4) is 5.75 Å². The molecule has 0 aliphatic carbocycles. The van der Waals surface area contributed by atoms with Crippen LogP contribution in [0.5, 0.6) is 5.75 Å². The van der Waals surface area contributed by atoms with Crippen LogP contribution in [0.25, 0.3) is 0 Å². The summed E-state index contributed by atoms with van der Waals surface area (Å²) in [6.07, 6.45) is 0. The van der Waals surface area contributed by atoms with E-state index in [2.05, 4.69) is 15.9 Å². The maximum Gasteiger partial charge on any atom is 0.196 e. The maximum absolute atomic E-state index is 13.5. The number of hydrogen-bond donors (Lipinski definition) is 1. The molecular weight excluding hydrogens is 325 g/mol. The van der Waals surface area contributed by atoms with Crippen LogP contribution in [0.4, 0.5) is 10.1 Å². The number of rotatable bonds is 3. The Hall–Kier alpha value is -1.88. The van der Waals surface area contributed by atoms with Crippen LogP contribution >= 0.6 is 15.9 Å². The summed E-state index contributed by atoms with van der Waals surface area (Å²) in [5, 5.41) is 0. The molecule has 0 aromatic heterocycles. The van der Waals surface area contributed by atoms with Gasteiger partial charge in [-0.2, -0.15) is 0 Å². The summed E-state index contributed by atoms with van der Waals surface area (Å²) >= 11 is 3.07. The number of carbonyl (C=O) groups is 1. The predicted molar refractivity (Wildman–Crippen MR) is 79.7 cm³/mol. The topological polar surface area (TPSA) is 52.3 Å². The first-order valence-corrected chi connectivity index (χ1v) is 6.67. The third kappa shape index (κ3) is 2.67. The van der Waals surface area contributed by atoms with E-state index in [-0.39, 0.29) is 21.6 Å². The molecular formula is C15H13BrFNO2. The average molecular weight is 338 g/mol. The summed E-state index contributed by atoms with van der Waals surface area (Å²) in [6, 6.07) is 7.65. The van der Waals surface area contributed by atoms with Gasteiger partial charge in [0.2, 0.25) is 0 Å². The molecule has 0 heterocycles. The van der Waals surface area contributed by atoms with Crippen molar-refractivity contribution in [3.63, 3.8) is 0 Å². The Morgan fingerprint density at radius 1 is 1.30 bits per heavy atom. The number of nitrogen functional groups attached to an aromatic ring is 1. The van der Waals surface area contributed by atoms with Crippen LogP contribution in [-0.4, -0.2) is 12.9 Å². The van der Waals surface area contributed by atoms with E-state index >= 15 is 0 Å². The average Bonchev–Trinajstić information content (AvgIpc) is 2.43. The smallest absolute Gasteiger partial charge is 0.196 e. The molecule has 0 spiro atoms. The molecule has 0 bridgehead atoms. The lowest BCUT2D eigenvalue weighted by Gasteiger charge is -2.10. The van der Waals surface area contributed by atoms with E-state index in [9.17, 15) is 9.18 Å². The molecule has 104 valence electrons. The highest BCUT2D eigenvalue weighted by Gasteiger charge is 2.17. The number of halogens is 2. The summed E-state index contributed by atoms with van der Waals surface area (Å²) in [7, 11) is 1.39. The first-order valence-electron chi connectivity index (χ1n) is 5.88. The fourth-order valence-corrected chi connectivity index (χ4v) is 2.16. The van der Waals surface area contributed by atoms with Crippen molar-refractivity contribution in [1.82, 2.24) is 0 Å². The van der Waals surface area contributed by atoms with Crippen molar-refractivity contribution in [2.75, 3.05) is 12.8 Å². The molecule has 5 heteroatoms. The minimum absolute atomic E-state index is 0.190. The van der Waals surface area contributed by atoms with Crippen LogP contribution in [0.1, 0.15) is 21.5 Å². The van der Waals surface area contributed by atoms with Crippen LogP contribution in [-0.2, 0) is 0 Å². The highest BCUT2D eigenvalue weighted by atomic mass is 79.9. The zero-order chi connectivity index (χ0) is 14.9. The van der Waals surface area contributed by atoms with Crippen molar-refractivity contribution in [1.29, 1.82) is 0 Å². The number of methoxy groups -OCH3 is 1. The normalized spacial score (nSPS) is 10.4. The highest BCUT2D eigenvalue weighted by molar-refractivity contribution is 9.10. The summed E-state index contributed by atoms with van der Waals surface area (Å²) in [5.41, 5.74) is 7.96. The number of ether oxygens (including phenoxy) is 1. The van der Waals surface area contributed by atoms with Gasteiger partial charge in [-0.3, -0.25) is 4.79 Å². The second kappa shape index (κ2) is 5.63. The van der Waals surface area contributed by atoms with Crippen LogP contribution in [0.2, 0.25) is 0 Å². The van der Waals surface area contributed by atoms with Crippen molar-refractivity contribution >= 4 is 27.4 Å². The Morgan fingerprint density at radius 2 is 2.00 bits per heavy atom. The van der Waals surface area contributed by atoms with Gasteiger partial charge in [-0.25, -0.2) is 4.39 Å². The first-order chi connectivity index (χ1) is 9.43. The summed E-state index contributed by atoms with van der Waals surface area (Å²) in [5.74, 6) is -0.564. The molecule has 0 aliphatic rings. The zero-order valence-corrected chi connectivity index (χ0v) is 12.6. The molecule has 0 saturated carbocycles. The highest BCUT2D eigenvalue weighted by Crippen LogP contribution is 2.29. The summed E-state index contributed by atoms with van der Waals surface area (Å²) in [6.45, 7) is 1.86. The summed E-state index contributed by atoms with van der Waals surface area (Å²) in [4.78, 5) is 12.5. The van der Waals surface area contributed by atoms with Gasteiger partial charge in [0.1, 0.15) is 11.6 Å². The largest absolute Gasteiger partial charge is 0.496 e. The molecule has 3 nitrogen and oxygen atoms in total. The number of nitrogens with two attached hydrogens (primary N) is 1. The Kier molecular flexibility index (Phi) is 4.09. The van der Waals surface area contributed by atoms with Gasteiger partial charge in [-0.15, -0.1) is 0 Å². The molecule has 0 unspecified atom stereocenters. The van der Waals surface area contributed by atoms with Crippen LogP contribution in [0.15, 0.2) is 34.8 Å². The minimum atomic E-state index is -0.484. The lowest BCUT2D eigenvalue weighted by Crippen LogP contribution is -2.06. The molecule has 2 aromatic rings. The molecule has 0 radical (unpaired) electrons. The number of hydrogen-bond acceptors (Lipinski definition) is 3. The van der Waals surface area contributed by atoms with Gasteiger partial charge in [0.25, 0.3) is 0 Å². The van der Waals surface area contributed by atoms with Gasteiger partial charge in [-0.05, 0) is 40.5 Å². The molecule has 0 fully saturated rings. The second-order valence-electron chi connectivity index (χ2n) is 4.37. The van der Waals surface area contributed by atoms with Crippen molar-refractivity contribution in [2.45, 2.75) is 6.92 Å². The minimum Gasteiger partial charge on any atom is -0.496 e. The quantitative estimate of drug-likeness (QED) is 0.686. The van der Waals surface area contributed by atoms with Crippen LogP contribution in [0, 0.1) is 12.7 Å². The number of carbonyl (C=O) groups excluding carboxylic acids is 1. The van der Waals surface area contributed by atoms with Gasteiger partial charge in [0.05, 0.1) is 17.1 Å². The van der Waals surface area contributed by atoms with E-state index in [1.807, 2.05) is 6.92 Å². The van der Waals surface area contributed by atoms with E-state index in [1.54, 1.807) is 18.2 Å². The van der Waals surface area contributed by atoms with Gasteiger partial charge < -0.3 is 10.5 Å². The number of ketones is 1. The lowest BCUT2D eigenvalue weighted by molar-refractivity contribution is 0.103. The molecule has 20 heavy (non-hydrogen) atoms. The predicted octanol–water partition coefficient (Wildman–Crippen LogP) is 3.72. The van der Waals surface area contributed by atoms with Crippen LogP contribution in [0.3, 0.4) is 0 Å². The third-order valence-corrected chi connectivity index (χ3v) is 3.64. The van der Waals surface area contributed by atoms with Crippen molar-refractivity contribution in [2.24, 2.45) is 0 Å². The van der Waals surface area contributed by atoms with E-state index < -0.39 is 5.82 Å². The van der Waals surface area contributed by atoms with Crippen molar-refractivity contribution in [3.05, 3.63) is 57.3 Å². The Balaban J connectivity index is 2.52. The van der Waals surface area contributed by atoms with E-state index in [0.29, 0.717) is 11.3 Å². The molecule has 0 amide bonds. The van der Waals surface area contributed by atoms with Gasteiger partial charge in [0.15, 0.2) is 5.78 Å². The molecule has 0 atom stereocenters. The van der Waals surface area contributed by atoms with E-state index in [0.717, 1.165) is 5.56 Å². The molecule has 0 saturated heterocycles. The fourth-order valence-electron chi connectivity index (χ4n) is 1.81. The fraction of sp³-hybridized carbons (Fsp3) is 0.133. The second-order valence-corrected chi connectivity index (χ2v) is 5.22. The SMILES string of the molecule is COc1cc(F)c(Br)cc1C(=O)c1ccc(C)c(N)c1. The summed E-state index contributed by atoms with van der Waals surface area (Å²) < 4.78 is 18.7. The number of aryl methyl sites for hydroxylation is 1. The molecule has 2 N–H and O–H groups in total. The third-order valence-electron chi connectivity index (χ3n) is 3.03. The number of anilines is 1. The standard InChI is InChI=1S/C15H13BrFNO2/c1-8-3-4-9(5-13(8)18)15(19)10-6-11(16)12(17)7-14(10)20-2/h3-7H,18H2,1-2H3. The molecule has 2 rings (SSSR count). The van der Waals surface area contributed by atoms with Crippen molar-refractivity contribution < 1.29 is 13.9 Å². The van der Waals surface area contributed by atoms with Crippen LogP contribution < -0.4 is 10.5 Å². The van der Waals surface area contributed by atoms with E-state index in [4.69, 9.17) is 10.5 Å². The number of benzene rings is 2. The lowest BCUT2D eigenvalue weighted by atomic mass is 10.0. The van der Waals surface area contributed by atoms with Gasteiger partial charge in [-0.1, -0.05) is 12.1 Å². The maximum atomic E-state index is 13.5. The van der Waals surface area contributed by atoms with E-state index in [1.165, 1.54) is 19.2 Å². The Labute approximate surface area is 124 Å².